The van der Waals surface area contributed by atoms with E-state index in [-0.39, 0.29) is 11.3 Å². The Hall–Kier alpha value is -2.53. The zero-order valence-electron chi connectivity index (χ0n) is 16.0. The lowest BCUT2D eigenvalue weighted by Gasteiger charge is -2.19. The van der Waals surface area contributed by atoms with Crippen molar-refractivity contribution in [2.45, 2.75) is 37.9 Å². The lowest BCUT2D eigenvalue weighted by Crippen LogP contribution is -2.15. The number of allylic oxidation sites excluding steroid dienone is 1. The summed E-state index contributed by atoms with van der Waals surface area (Å²) in [5.74, 6) is 0.266. The Balaban J connectivity index is 1.66. The minimum Gasteiger partial charge on any atom is -0.325 e. The molecule has 0 aliphatic rings. The van der Waals surface area contributed by atoms with E-state index >= 15 is 0 Å². The predicted molar refractivity (Wildman–Crippen MR) is 114 cm³/mol. The number of carbonyl (C=O) groups excluding carboxylic acids is 1. The molecule has 0 bridgehead atoms. The van der Waals surface area contributed by atoms with E-state index in [0.29, 0.717) is 12.3 Å². The second-order valence-electron chi connectivity index (χ2n) is 7.45. The van der Waals surface area contributed by atoms with Crippen LogP contribution in [0.4, 0.5) is 5.69 Å². The van der Waals surface area contributed by atoms with Crippen LogP contribution in [0.1, 0.15) is 26.3 Å². The molecule has 0 unspecified atom stereocenters. The number of amides is 1. The summed E-state index contributed by atoms with van der Waals surface area (Å²) in [6.07, 6.45) is 1.84. The summed E-state index contributed by atoms with van der Waals surface area (Å²) in [6, 6.07) is 16.0. The zero-order valence-corrected chi connectivity index (χ0v) is 16.8. The van der Waals surface area contributed by atoms with Crippen LogP contribution in [0.5, 0.6) is 0 Å². The standard InChI is InChI=1S/C22H25N3OS/c1-5-14-25-19-9-7-6-8-18(19)24-21(25)27-15-20(26)23-17-12-10-16(11-13-17)22(2,3)4/h5-13H,1,14-15H2,2-4H3,(H,23,26). The van der Waals surface area contributed by atoms with Gasteiger partial charge in [-0.15, -0.1) is 6.58 Å². The van der Waals surface area contributed by atoms with Crippen molar-refractivity contribution < 1.29 is 4.79 Å². The number of hydrogen-bond donors (Lipinski definition) is 1. The molecular formula is C22H25N3OS. The molecule has 5 heteroatoms. The first-order chi connectivity index (χ1) is 12.9. The molecule has 0 radical (unpaired) electrons. The predicted octanol–water partition coefficient (Wildman–Crippen LogP) is 5.25. The molecule has 140 valence electrons. The smallest absolute Gasteiger partial charge is 0.234 e. The van der Waals surface area contributed by atoms with Crippen LogP contribution in [0.25, 0.3) is 11.0 Å². The van der Waals surface area contributed by atoms with Crippen LogP contribution < -0.4 is 5.32 Å². The van der Waals surface area contributed by atoms with Gasteiger partial charge in [-0.25, -0.2) is 4.98 Å². The summed E-state index contributed by atoms with van der Waals surface area (Å²) in [5.41, 5.74) is 4.14. The van der Waals surface area contributed by atoms with Gasteiger partial charge in [0.25, 0.3) is 0 Å². The maximum absolute atomic E-state index is 12.4. The maximum Gasteiger partial charge on any atom is 0.234 e. The highest BCUT2D eigenvalue weighted by Gasteiger charge is 2.14. The van der Waals surface area contributed by atoms with Crippen molar-refractivity contribution >= 4 is 34.4 Å². The zero-order chi connectivity index (χ0) is 19.4. The number of hydrogen-bond acceptors (Lipinski definition) is 3. The molecule has 0 saturated carbocycles. The molecule has 3 aromatic rings. The molecule has 1 amide bonds. The minimum absolute atomic E-state index is 0.0410. The summed E-state index contributed by atoms with van der Waals surface area (Å²) in [4.78, 5) is 17.0. The first kappa shape index (κ1) is 19.2. The molecule has 0 saturated heterocycles. The second kappa shape index (κ2) is 8.01. The summed E-state index contributed by atoms with van der Waals surface area (Å²) < 4.78 is 2.08. The number of nitrogens with one attached hydrogen (secondary N) is 1. The van der Waals surface area contributed by atoms with E-state index in [9.17, 15) is 4.79 Å². The number of benzene rings is 2. The lowest BCUT2D eigenvalue weighted by molar-refractivity contribution is -0.113. The van der Waals surface area contributed by atoms with Gasteiger partial charge in [0.05, 0.1) is 16.8 Å². The Morgan fingerprint density at radius 2 is 1.89 bits per heavy atom. The fourth-order valence-corrected chi connectivity index (χ4v) is 3.67. The molecular weight excluding hydrogens is 354 g/mol. The van der Waals surface area contributed by atoms with Crippen molar-refractivity contribution in [1.82, 2.24) is 9.55 Å². The average molecular weight is 380 g/mol. The van der Waals surface area contributed by atoms with Gasteiger partial charge in [-0.3, -0.25) is 4.79 Å². The van der Waals surface area contributed by atoms with Gasteiger partial charge >= 0.3 is 0 Å². The fraction of sp³-hybridized carbons (Fsp3) is 0.273. The Morgan fingerprint density at radius 1 is 1.19 bits per heavy atom. The third-order valence-corrected chi connectivity index (χ3v) is 5.27. The van der Waals surface area contributed by atoms with Crippen LogP contribution >= 0.6 is 11.8 Å². The maximum atomic E-state index is 12.4. The van der Waals surface area contributed by atoms with Gasteiger partial charge in [0.2, 0.25) is 5.91 Å². The van der Waals surface area contributed by atoms with Crippen LogP contribution in [0.15, 0.2) is 66.3 Å². The van der Waals surface area contributed by atoms with Crippen molar-refractivity contribution in [1.29, 1.82) is 0 Å². The van der Waals surface area contributed by atoms with Crippen molar-refractivity contribution in [2.24, 2.45) is 0 Å². The van der Waals surface area contributed by atoms with Gasteiger partial charge in [0, 0.05) is 12.2 Å². The first-order valence-corrected chi connectivity index (χ1v) is 9.96. The molecule has 1 aromatic heterocycles. The van der Waals surface area contributed by atoms with E-state index in [1.165, 1.54) is 17.3 Å². The highest BCUT2D eigenvalue weighted by atomic mass is 32.2. The van der Waals surface area contributed by atoms with Gasteiger partial charge in [-0.1, -0.05) is 62.9 Å². The number of anilines is 1. The van der Waals surface area contributed by atoms with Gasteiger partial charge in [0.1, 0.15) is 0 Å². The number of aromatic nitrogens is 2. The van der Waals surface area contributed by atoms with Gasteiger partial charge < -0.3 is 9.88 Å². The van der Waals surface area contributed by atoms with Gasteiger partial charge in [0.15, 0.2) is 5.16 Å². The van der Waals surface area contributed by atoms with E-state index in [2.05, 4.69) is 54.4 Å². The first-order valence-electron chi connectivity index (χ1n) is 8.98. The molecule has 3 rings (SSSR count). The van der Waals surface area contributed by atoms with Crippen molar-refractivity contribution in [3.05, 3.63) is 66.7 Å². The van der Waals surface area contributed by atoms with E-state index in [4.69, 9.17) is 0 Å². The number of nitrogens with zero attached hydrogens (tertiary/aromatic N) is 2. The molecule has 0 atom stereocenters. The summed E-state index contributed by atoms with van der Waals surface area (Å²) >= 11 is 1.44. The van der Waals surface area contributed by atoms with E-state index in [1.54, 1.807) is 0 Å². The fourth-order valence-electron chi connectivity index (χ4n) is 2.85. The molecule has 2 aromatic carbocycles. The van der Waals surface area contributed by atoms with Crippen LogP contribution in [0, 0.1) is 0 Å². The molecule has 1 heterocycles. The third kappa shape index (κ3) is 4.61. The van der Waals surface area contributed by atoms with Crippen LogP contribution in [0.2, 0.25) is 0 Å². The molecule has 4 nitrogen and oxygen atoms in total. The Labute approximate surface area is 164 Å². The Morgan fingerprint density at radius 3 is 2.56 bits per heavy atom. The molecule has 27 heavy (non-hydrogen) atoms. The van der Waals surface area contributed by atoms with E-state index < -0.39 is 0 Å². The van der Waals surface area contributed by atoms with Gasteiger partial charge in [-0.05, 0) is 35.2 Å². The molecule has 0 fully saturated rings. The highest BCUT2D eigenvalue weighted by molar-refractivity contribution is 7.99. The molecule has 0 aliphatic carbocycles. The summed E-state index contributed by atoms with van der Waals surface area (Å²) in [5, 5.41) is 3.79. The minimum atomic E-state index is -0.0410. The normalized spacial score (nSPS) is 11.5. The summed E-state index contributed by atoms with van der Waals surface area (Å²) in [7, 11) is 0. The number of thioether (sulfide) groups is 1. The number of imidazole rings is 1. The van der Waals surface area contributed by atoms with E-state index in [0.717, 1.165) is 21.9 Å². The average Bonchev–Trinajstić information content (AvgIpc) is 2.98. The SMILES string of the molecule is C=CCn1c(SCC(=O)Nc2ccc(C(C)(C)C)cc2)nc2ccccc21. The lowest BCUT2D eigenvalue weighted by atomic mass is 9.87. The summed E-state index contributed by atoms with van der Waals surface area (Å²) in [6.45, 7) is 11.0. The van der Waals surface area contributed by atoms with Crippen molar-refractivity contribution in [2.75, 3.05) is 11.1 Å². The quantitative estimate of drug-likeness (QED) is 0.470. The number of fused-ring (bicyclic) bond motifs is 1. The number of carbonyl (C=O) groups is 1. The van der Waals surface area contributed by atoms with Crippen LogP contribution in [0.3, 0.4) is 0 Å². The molecule has 0 aliphatic heterocycles. The van der Waals surface area contributed by atoms with Crippen LogP contribution in [-0.4, -0.2) is 21.2 Å². The van der Waals surface area contributed by atoms with Crippen molar-refractivity contribution in [3.63, 3.8) is 0 Å². The van der Waals surface area contributed by atoms with Gasteiger partial charge in [-0.2, -0.15) is 0 Å². The van der Waals surface area contributed by atoms with Crippen molar-refractivity contribution in [3.8, 4) is 0 Å². The Kier molecular flexibility index (Phi) is 5.71. The Bertz CT molecular complexity index is 952. The van der Waals surface area contributed by atoms with E-state index in [1.807, 2.05) is 42.5 Å². The molecule has 1 N–H and O–H groups in total. The second-order valence-corrected chi connectivity index (χ2v) is 8.39. The number of rotatable bonds is 6. The third-order valence-electron chi connectivity index (χ3n) is 4.30. The topological polar surface area (TPSA) is 46.9 Å². The number of para-hydroxylation sites is 2. The van der Waals surface area contributed by atoms with Crippen LogP contribution in [-0.2, 0) is 16.8 Å². The highest BCUT2D eigenvalue weighted by Crippen LogP contribution is 2.25. The largest absolute Gasteiger partial charge is 0.325 e. The molecule has 0 spiro atoms. The monoisotopic (exact) mass is 379 g/mol.